The van der Waals surface area contributed by atoms with Gasteiger partial charge >= 0.3 is 0 Å². The summed E-state index contributed by atoms with van der Waals surface area (Å²) in [6, 6.07) is 11.3. The maximum Gasteiger partial charge on any atom is 0.131 e. The number of hydrogen-bond acceptors (Lipinski definition) is 0. The van der Waals surface area contributed by atoms with Gasteiger partial charge in [-0.25, -0.2) is 8.78 Å². The fourth-order valence-electron chi connectivity index (χ4n) is 9.05. The Bertz CT molecular complexity index is 1080. The van der Waals surface area contributed by atoms with Gasteiger partial charge in [0.1, 0.15) is 11.6 Å². The minimum atomic E-state index is -0.198. The molecule has 0 aliphatic heterocycles. The predicted octanol–water partition coefficient (Wildman–Crippen LogP) is 13.1. The molecule has 3 aliphatic carbocycles. The summed E-state index contributed by atoms with van der Waals surface area (Å²) in [7, 11) is 0. The minimum Gasteiger partial charge on any atom is -0.207 e. The first kappa shape index (κ1) is 31.7. The summed E-state index contributed by atoms with van der Waals surface area (Å²) < 4.78 is 30.8. The van der Waals surface area contributed by atoms with Gasteiger partial charge in [0.25, 0.3) is 0 Å². The second-order valence-corrected chi connectivity index (χ2v) is 14.6. The SMILES string of the molecule is CCCCCC1CCC(c2ccc(-c3ccc(C4CCC(C5CCC(CCCCC)CC5)CC4)cc3F)cc2F)CC1. The van der Waals surface area contributed by atoms with Crippen LogP contribution in [0.5, 0.6) is 0 Å². The highest BCUT2D eigenvalue weighted by Gasteiger charge is 2.31. The van der Waals surface area contributed by atoms with E-state index in [9.17, 15) is 0 Å². The van der Waals surface area contributed by atoms with Crippen LogP contribution in [-0.2, 0) is 0 Å². The van der Waals surface area contributed by atoms with Crippen LogP contribution in [0, 0.1) is 35.3 Å². The zero-order chi connectivity index (χ0) is 29.3. The van der Waals surface area contributed by atoms with Gasteiger partial charge in [0.05, 0.1) is 0 Å². The first-order chi connectivity index (χ1) is 20.6. The van der Waals surface area contributed by atoms with Crippen molar-refractivity contribution in [3.8, 4) is 11.1 Å². The van der Waals surface area contributed by atoms with Crippen LogP contribution in [0.2, 0.25) is 0 Å². The highest BCUT2D eigenvalue weighted by molar-refractivity contribution is 5.65. The Hall–Kier alpha value is -1.70. The molecule has 0 radical (unpaired) electrons. The van der Waals surface area contributed by atoms with Gasteiger partial charge in [-0.05, 0) is 129 Å². The summed E-state index contributed by atoms with van der Waals surface area (Å²) in [4.78, 5) is 0. The Balaban J connectivity index is 1.11. The van der Waals surface area contributed by atoms with Crippen LogP contribution >= 0.6 is 0 Å². The monoisotopic (exact) mass is 576 g/mol. The molecule has 0 atom stereocenters. The summed E-state index contributed by atoms with van der Waals surface area (Å²) in [6.45, 7) is 4.56. The lowest BCUT2D eigenvalue weighted by Crippen LogP contribution is -2.25. The molecule has 3 fully saturated rings. The normalized spacial score (nSPS) is 28.6. The molecule has 0 nitrogen and oxygen atoms in total. The molecule has 0 unspecified atom stereocenters. The van der Waals surface area contributed by atoms with Gasteiger partial charge in [0.2, 0.25) is 0 Å². The van der Waals surface area contributed by atoms with Crippen LogP contribution in [0.15, 0.2) is 36.4 Å². The van der Waals surface area contributed by atoms with Crippen molar-refractivity contribution in [3.05, 3.63) is 59.2 Å². The lowest BCUT2D eigenvalue weighted by atomic mass is 9.68. The van der Waals surface area contributed by atoms with Gasteiger partial charge in [-0.1, -0.05) is 102 Å². The van der Waals surface area contributed by atoms with Crippen molar-refractivity contribution in [1.29, 1.82) is 0 Å². The van der Waals surface area contributed by atoms with E-state index in [1.165, 1.54) is 116 Å². The summed E-state index contributed by atoms with van der Waals surface area (Å²) in [5.41, 5.74) is 3.18. The maximum absolute atomic E-state index is 15.4. The highest BCUT2D eigenvalue weighted by Crippen LogP contribution is 2.45. The van der Waals surface area contributed by atoms with Crippen molar-refractivity contribution in [2.75, 3.05) is 0 Å². The number of rotatable bonds is 12. The molecule has 0 bridgehead atoms. The van der Waals surface area contributed by atoms with E-state index in [1.54, 1.807) is 12.1 Å². The zero-order valence-corrected chi connectivity index (χ0v) is 26.8. The standard InChI is InChI=1S/C40H58F2/c1-3-5-7-9-29-11-15-31(16-12-29)32-19-21-33(22-20-32)35-23-25-38(39(41)27-35)36-24-26-37(40(42)28-36)34-17-13-30(14-18-34)10-8-6-4-2/h23-34H,3-22H2,1-2H3. The van der Waals surface area contributed by atoms with Crippen LogP contribution in [0.4, 0.5) is 8.78 Å². The van der Waals surface area contributed by atoms with E-state index in [4.69, 9.17) is 0 Å². The molecule has 0 spiro atoms. The molecule has 232 valence electrons. The van der Waals surface area contributed by atoms with Crippen LogP contribution in [0.3, 0.4) is 0 Å². The summed E-state index contributed by atoms with van der Waals surface area (Å²) in [5, 5.41) is 0. The average Bonchev–Trinajstić information content (AvgIpc) is 3.02. The molecule has 5 rings (SSSR count). The molecule has 42 heavy (non-hydrogen) atoms. The third kappa shape index (κ3) is 8.26. The van der Waals surface area contributed by atoms with Gasteiger partial charge in [0.15, 0.2) is 0 Å². The second kappa shape index (κ2) is 15.9. The molecule has 3 aliphatic rings. The van der Waals surface area contributed by atoms with Crippen molar-refractivity contribution in [2.24, 2.45) is 23.7 Å². The molecule has 0 aromatic heterocycles. The van der Waals surface area contributed by atoms with E-state index in [0.717, 1.165) is 47.6 Å². The minimum absolute atomic E-state index is 0.154. The molecule has 3 saturated carbocycles. The van der Waals surface area contributed by atoms with Crippen LogP contribution < -0.4 is 0 Å². The fraction of sp³-hybridized carbons (Fsp3) is 0.700. The largest absolute Gasteiger partial charge is 0.207 e. The van der Waals surface area contributed by atoms with Gasteiger partial charge in [0, 0.05) is 5.56 Å². The van der Waals surface area contributed by atoms with Crippen molar-refractivity contribution in [1.82, 2.24) is 0 Å². The average molecular weight is 577 g/mol. The Kier molecular flexibility index (Phi) is 12.0. The second-order valence-electron chi connectivity index (χ2n) is 14.6. The summed E-state index contributed by atoms with van der Waals surface area (Å²) in [5.74, 6) is 4.02. The number of halogens is 2. The Labute approximate surface area is 256 Å². The third-order valence-electron chi connectivity index (χ3n) is 11.8. The highest BCUT2D eigenvalue weighted by atomic mass is 19.1. The first-order valence-corrected chi connectivity index (χ1v) is 18.1. The zero-order valence-electron chi connectivity index (χ0n) is 26.8. The molecule has 2 heteroatoms. The number of unbranched alkanes of at least 4 members (excludes halogenated alkanes) is 4. The van der Waals surface area contributed by atoms with Gasteiger partial charge in [-0.3, -0.25) is 0 Å². The van der Waals surface area contributed by atoms with Crippen LogP contribution in [-0.4, -0.2) is 0 Å². The summed E-state index contributed by atoms with van der Waals surface area (Å²) >= 11 is 0. The lowest BCUT2D eigenvalue weighted by molar-refractivity contribution is 0.155. The molecular formula is C40H58F2. The van der Waals surface area contributed by atoms with E-state index in [-0.39, 0.29) is 11.6 Å². The Morgan fingerprint density at radius 3 is 1.64 bits per heavy atom. The van der Waals surface area contributed by atoms with Crippen molar-refractivity contribution in [2.45, 2.75) is 154 Å². The first-order valence-electron chi connectivity index (χ1n) is 18.1. The van der Waals surface area contributed by atoms with Crippen LogP contribution in [0.1, 0.15) is 165 Å². The number of benzene rings is 2. The van der Waals surface area contributed by atoms with E-state index in [0.29, 0.717) is 23.0 Å². The van der Waals surface area contributed by atoms with E-state index in [2.05, 4.69) is 19.9 Å². The smallest absolute Gasteiger partial charge is 0.131 e. The molecule has 0 N–H and O–H groups in total. The van der Waals surface area contributed by atoms with E-state index < -0.39 is 0 Å². The van der Waals surface area contributed by atoms with Gasteiger partial charge in [-0.15, -0.1) is 0 Å². The Morgan fingerprint density at radius 2 is 1.10 bits per heavy atom. The van der Waals surface area contributed by atoms with Crippen LogP contribution in [0.25, 0.3) is 11.1 Å². The van der Waals surface area contributed by atoms with Crippen molar-refractivity contribution in [3.63, 3.8) is 0 Å². The summed E-state index contributed by atoms with van der Waals surface area (Å²) in [6.07, 6.45) is 26.2. The van der Waals surface area contributed by atoms with E-state index >= 15 is 8.78 Å². The van der Waals surface area contributed by atoms with Crippen molar-refractivity contribution >= 4 is 0 Å². The fourth-order valence-corrected chi connectivity index (χ4v) is 9.05. The van der Waals surface area contributed by atoms with Gasteiger partial charge < -0.3 is 0 Å². The molecule has 0 saturated heterocycles. The molecule has 0 amide bonds. The topological polar surface area (TPSA) is 0 Å². The quantitative estimate of drug-likeness (QED) is 0.220. The molecular weight excluding hydrogens is 518 g/mol. The Morgan fingerprint density at radius 1 is 0.548 bits per heavy atom. The lowest BCUT2D eigenvalue weighted by Gasteiger charge is -2.38. The number of hydrogen-bond donors (Lipinski definition) is 0. The van der Waals surface area contributed by atoms with Gasteiger partial charge in [-0.2, -0.15) is 0 Å². The molecule has 2 aromatic carbocycles. The third-order valence-corrected chi connectivity index (χ3v) is 11.8. The molecule has 2 aromatic rings. The van der Waals surface area contributed by atoms with Crippen molar-refractivity contribution < 1.29 is 8.78 Å². The molecule has 0 heterocycles. The van der Waals surface area contributed by atoms with E-state index in [1.807, 2.05) is 18.2 Å². The predicted molar refractivity (Wildman–Crippen MR) is 175 cm³/mol. The maximum atomic E-state index is 15.4.